The average molecular weight is 234 g/mol. The minimum Gasteiger partial charge on any atom is -0.493 e. The van der Waals surface area contributed by atoms with Gasteiger partial charge in [-0.15, -0.1) is 0 Å². The van der Waals surface area contributed by atoms with E-state index in [1.165, 1.54) is 17.6 Å². The van der Waals surface area contributed by atoms with Gasteiger partial charge in [-0.05, 0) is 50.8 Å². The molecule has 0 aliphatic carbocycles. The van der Waals surface area contributed by atoms with Crippen molar-refractivity contribution in [3.8, 4) is 11.5 Å². The van der Waals surface area contributed by atoms with Gasteiger partial charge in [0, 0.05) is 0 Å². The fourth-order valence-corrected chi connectivity index (χ4v) is 1.75. The maximum Gasteiger partial charge on any atom is 0.160 e. The highest BCUT2D eigenvalue weighted by molar-refractivity contribution is 5.42. The molecule has 0 fully saturated rings. The zero-order valence-corrected chi connectivity index (χ0v) is 11.2. The summed E-state index contributed by atoms with van der Waals surface area (Å²) in [5.74, 6) is 1.61. The second kappa shape index (κ2) is 7.00. The van der Waals surface area contributed by atoms with Crippen molar-refractivity contribution in [3.05, 3.63) is 35.4 Å². The van der Waals surface area contributed by atoms with Crippen molar-refractivity contribution in [3.63, 3.8) is 0 Å². The normalized spacial score (nSPS) is 11.4. The first-order chi connectivity index (χ1) is 8.21. The van der Waals surface area contributed by atoms with Crippen LogP contribution in [0.1, 0.15) is 32.3 Å². The molecule has 0 atom stereocenters. The lowest BCUT2D eigenvalue weighted by Crippen LogP contribution is -1.93. The molecule has 0 radical (unpaired) electrons. The van der Waals surface area contributed by atoms with E-state index < -0.39 is 0 Å². The SMILES string of the molecule is C/C=C(\C)CCCc1ccc(OC)c(OC)c1. The van der Waals surface area contributed by atoms with Crippen molar-refractivity contribution in [1.29, 1.82) is 0 Å². The highest BCUT2D eigenvalue weighted by atomic mass is 16.5. The summed E-state index contributed by atoms with van der Waals surface area (Å²) in [5, 5.41) is 0. The number of hydrogen-bond donors (Lipinski definition) is 0. The molecule has 0 aromatic heterocycles. The molecule has 0 amide bonds. The number of benzene rings is 1. The lowest BCUT2D eigenvalue weighted by Gasteiger charge is -2.09. The maximum absolute atomic E-state index is 5.29. The van der Waals surface area contributed by atoms with Crippen molar-refractivity contribution in [2.24, 2.45) is 0 Å². The van der Waals surface area contributed by atoms with Crippen LogP contribution in [0, 0.1) is 0 Å². The minimum absolute atomic E-state index is 0.792. The predicted molar refractivity (Wildman–Crippen MR) is 71.9 cm³/mol. The van der Waals surface area contributed by atoms with Crippen LogP contribution >= 0.6 is 0 Å². The van der Waals surface area contributed by atoms with E-state index in [9.17, 15) is 0 Å². The van der Waals surface area contributed by atoms with Gasteiger partial charge < -0.3 is 9.47 Å². The van der Waals surface area contributed by atoms with Crippen LogP contribution in [0.4, 0.5) is 0 Å². The van der Waals surface area contributed by atoms with Crippen LogP contribution in [-0.2, 0) is 6.42 Å². The third-order valence-corrected chi connectivity index (χ3v) is 2.98. The van der Waals surface area contributed by atoms with E-state index in [-0.39, 0.29) is 0 Å². The van der Waals surface area contributed by atoms with Gasteiger partial charge in [0.25, 0.3) is 0 Å². The van der Waals surface area contributed by atoms with Crippen molar-refractivity contribution in [1.82, 2.24) is 0 Å². The third-order valence-electron chi connectivity index (χ3n) is 2.98. The van der Waals surface area contributed by atoms with Crippen molar-refractivity contribution in [2.75, 3.05) is 14.2 Å². The first-order valence-corrected chi connectivity index (χ1v) is 6.04. The molecule has 1 rings (SSSR count). The van der Waals surface area contributed by atoms with E-state index in [0.29, 0.717) is 0 Å². The molecular formula is C15H22O2. The summed E-state index contributed by atoms with van der Waals surface area (Å²) in [6, 6.07) is 6.13. The molecule has 0 aliphatic heterocycles. The molecule has 0 N–H and O–H groups in total. The average Bonchev–Trinajstić information content (AvgIpc) is 2.38. The van der Waals surface area contributed by atoms with Crippen LogP contribution in [0.3, 0.4) is 0 Å². The van der Waals surface area contributed by atoms with E-state index in [0.717, 1.165) is 24.3 Å². The summed E-state index contributed by atoms with van der Waals surface area (Å²) < 4.78 is 10.5. The summed E-state index contributed by atoms with van der Waals surface area (Å²) in [4.78, 5) is 0. The van der Waals surface area contributed by atoms with Gasteiger partial charge in [0.1, 0.15) is 0 Å². The first-order valence-electron chi connectivity index (χ1n) is 6.04. The standard InChI is InChI=1S/C15H22O2/c1-5-12(2)7-6-8-13-9-10-14(16-3)15(11-13)17-4/h5,9-11H,6-8H2,1-4H3/b12-5+. The summed E-state index contributed by atoms with van der Waals surface area (Å²) in [6.45, 7) is 4.26. The van der Waals surface area contributed by atoms with Gasteiger partial charge in [0.15, 0.2) is 11.5 Å². The van der Waals surface area contributed by atoms with Crippen LogP contribution in [0.15, 0.2) is 29.8 Å². The third kappa shape index (κ3) is 4.14. The molecule has 2 nitrogen and oxygen atoms in total. The van der Waals surface area contributed by atoms with Gasteiger partial charge in [-0.25, -0.2) is 0 Å². The van der Waals surface area contributed by atoms with Crippen LogP contribution in [0.5, 0.6) is 11.5 Å². The Balaban J connectivity index is 2.60. The molecule has 0 bridgehead atoms. The number of rotatable bonds is 6. The van der Waals surface area contributed by atoms with Gasteiger partial charge in [0.05, 0.1) is 14.2 Å². The highest BCUT2D eigenvalue weighted by Crippen LogP contribution is 2.28. The topological polar surface area (TPSA) is 18.5 Å². The van der Waals surface area contributed by atoms with Gasteiger partial charge in [0.2, 0.25) is 0 Å². The summed E-state index contributed by atoms with van der Waals surface area (Å²) in [7, 11) is 3.33. The molecule has 94 valence electrons. The first kappa shape index (κ1) is 13.6. The fourth-order valence-electron chi connectivity index (χ4n) is 1.75. The van der Waals surface area contributed by atoms with E-state index in [1.807, 2.05) is 6.07 Å². The van der Waals surface area contributed by atoms with Crippen molar-refractivity contribution < 1.29 is 9.47 Å². The molecule has 0 aliphatic rings. The summed E-state index contributed by atoms with van der Waals surface area (Å²) >= 11 is 0. The Morgan fingerprint density at radius 3 is 2.47 bits per heavy atom. The van der Waals surface area contributed by atoms with E-state index in [4.69, 9.17) is 9.47 Å². The lowest BCUT2D eigenvalue weighted by atomic mass is 10.0. The molecule has 0 heterocycles. The van der Waals surface area contributed by atoms with E-state index in [1.54, 1.807) is 14.2 Å². The Labute approximate surface area is 104 Å². The number of allylic oxidation sites excluding steroid dienone is 2. The van der Waals surface area contributed by atoms with Gasteiger partial charge in [-0.1, -0.05) is 17.7 Å². The fraction of sp³-hybridized carbons (Fsp3) is 0.467. The van der Waals surface area contributed by atoms with Crippen LogP contribution in [-0.4, -0.2) is 14.2 Å². The Kier molecular flexibility index (Phi) is 5.61. The maximum atomic E-state index is 5.29. The van der Waals surface area contributed by atoms with Crippen LogP contribution in [0.25, 0.3) is 0 Å². The smallest absolute Gasteiger partial charge is 0.160 e. The Bertz CT molecular complexity index is 381. The molecule has 2 heteroatoms. The molecule has 0 spiro atoms. The molecule has 0 saturated carbocycles. The molecule has 1 aromatic rings. The quantitative estimate of drug-likeness (QED) is 0.693. The Morgan fingerprint density at radius 2 is 1.88 bits per heavy atom. The predicted octanol–water partition coefficient (Wildman–Crippen LogP) is 3.99. The number of methoxy groups -OCH3 is 2. The van der Waals surface area contributed by atoms with E-state index in [2.05, 4.69) is 32.1 Å². The second-order valence-corrected chi connectivity index (χ2v) is 4.18. The molecule has 0 unspecified atom stereocenters. The van der Waals surface area contributed by atoms with Crippen LogP contribution in [0.2, 0.25) is 0 Å². The number of aryl methyl sites for hydroxylation is 1. The van der Waals surface area contributed by atoms with Crippen LogP contribution < -0.4 is 9.47 Å². The van der Waals surface area contributed by atoms with Crippen molar-refractivity contribution in [2.45, 2.75) is 33.1 Å². The largest absolute Gasteiger partial charge is 0.493 e. The van der Waals surface area contributed by atoms with E-state index >= 15 is 0 Å². The highest BCUT2D eigenvalue weighted by Gasteiger charge is 2.04. The minimum atomic E-state index is 0.792. The number of ether oxygens (including phenoxy) is 2. The molecule has 17 heavy (non-hydrogen) atoms. The van der Waals surface area contributed by atoms with Crippen molar-refractivity contribution >= 4 is 0 Å². The zero-order valence-electron chi connectivity index (χ0n) is 11.2. The van der Waals surface area contributed by atoms with Gasteiger partial charge in [-0.3, -0.25) is 0 Å². The Hall–Kier alpha value is -1.44. The van der Waals surface area contributed by atoms with Gasteiger partial charge >= 0.3 is 0 Å². The molecular weight excluding hydrogens is 212 g/mol. The summed E-state index contributed by atoms with van der Waals surface area (Å²) in [6.07, 6.45) is 5.58. The lowest BCUT2D eigenvalue weighted by molar-refractivity contribution is 0.354. The monoisotopic (exact) mass is 234 g/mol. The molecule has 1 aromatic carbocycles. The van der Waals surface area contributed by atoms with Gasteiger partial charge in [-0.2, -0.15) is 0 Å². The summed E-state index contributed by atoms with van der Waals surface area (Å²) in [5.41, 5.74) is 2.75. The number of hydrogen-bond acceptors (Lipinski definition) is 2. The second-order valence-electron chi connectivity index (χ2n) is 4.18. The molecule has 0 saturated heterocycles. The Morgan fingerprint density at radius 1 is 1.18 bits per heavy atom. The zero-order chi connectivity index (χ0) is 12.7.